The molecule has 13 heavy (non-hydrogen) atoms. The molecule has 1 atom stereocenters. The number of hydrogen-bond donors (Lipinski definition) is 2. The molecule has 1 aromatic carbocycles. The van der Waals surface area contributed by atoms with Crippen molar-refractivity contribution < 1.29 is 9.50 Å². The smallest absolute Gasteiger partial charge is 0.129 e. The predicted octanol–water partition coefficient (Wildman–Crippen LogP) is 2.03. The van der Waals surface area contributed by atoms with Crippen LogP contribution in [-0.4, -0.2) is 5.11 Å². The first-order valence-electron chi connectivity index (χ1n) is 4.25. The fourth-order valence-electron chi connectivity index (χ4n) is 1.15. The van der Waals surface area contributed by atoms with Crippen LogP contribution in [0, 0.1) is 5.82 Å². The van der Waals surface area contributed by atoms with Crippen LogP contribution in [0.15, 0.2) is 18.2 Å². The van der Waals surface area contributed by atoms with Gasteiger partial charge in [0.1, 0.15) is 5.82 Å². The van der Waals surface area contributed by atoms with E-state index in [1.54, 1.807) is 13.8 Å². The molecule has 0 aliphatic heterocycles. The molecule has 0 bridgehead atoms. The van der Waals surface area contributed by atoms with Gasteiger partial charge in [-0.15, -0.1) is 0 Å². The van der Waals surface area contributed by atoms with E-state index in [1.807, 2.05) is 0 Å². The summed E-state index contributed by atoms with van der Waals surface area (Å²) >= 11 is 0. The summed E-state index contributed by atoms with van der Waals surface area (Å²) in [6.45, 7) is 3.37. The van der Waals surface area contributed by atoms with Crippen LogP contribution in [0.1, 0.15) is 25.8 Å². The quantitative estimate of drug-likeness (QED) is 0.689. The minimum Gasteiger partial charge on any atom is -0.399 e. The standard InChI is InChI=1S/C10H14FNO/c1-3-10(2,13)8-6-7(12)4-5-9(8)11/h4-6,13H,3,12H2,1-2H3/t10-/m1/s1. The normalized spacial score (nSPS) is 15.4. The molecule has 0 fully saturated rings. The third-order valence-corrected chi connectivity index (χ3v) is 2.26. The van der Waals surface area contributed by atoms with Crippen molar-refractivity contribution in [3.05, 3.63) is 29.6 Å². The average Bonchev–Trinajstić information content (AvgIpc) is 2.09. The van der Waals surface area contributed by atoms with Crippen molar-refractivity contribution in [2.75, 3.05) is 5.73 Å². The van der Waals surface area contributed by atoms with Crippen LogP contribution >= 0.6 is 0 Å². The fraction of sp³-hybridized carbons (Fsp3) is 0.400. The molecule has 0 aromatic heterocycles. The molecular weight excluding hydrogens is 169 g/mol. The topological polar surface area (TPSA) is 46.2 Å². The molecule has 0 saturated carbocycles. The number of hydrogen-bond acceptors (Lipinski definition) is 2. The molecule has 0 spiro atoms. The van der Waals surface area contributed by atoms with Crippen molar-refractivity contribution in [1.82, 2.24) is 0 Å². The van der Waals surface area contributed by atoms with Crippen LogP contribution < -0.4 is 5.73 Å². The lowest BCUT2D eigenvalue weighted by molar-refractivity contribution is 0.0494. The van der Waals surface area contributed by atoms with Gasteiger partial charge < -0.3 is 10.8 Å². The van der Waals surface area contributed by atoms with E-state index in [4.69, 9.17) is 5.73 Å². The van der Waals surface area contributed by atoms with E-state index < -0.39 is 11.4 Å². The highest BCUT2D eigenvalue weighted by Crippen LogP contribution is 2.27. The zero-order valence-electron chi connectivity index (χ0n) is 7.84. The molecule has 0 aliphatic rings. The van der Waals surface area contributed by atoms with Gasteiger partial charge in [0.05, 0.1) is 5.60 Å². The molecule has 1 aromatic rings. The molecule has 0 radical (unpaired) electrons. The Morgan fingerprint density at radius 1 is 1.54 bits per heavy atom. The van der Waals surface area contributed by atoms with Crippen LogP contribution in [0.3, 0.4) is 0 Å². The van der Waals surface area contributed by atoms with Crippen LogP contribution in [-0.2, 0) is 5.60 Å². The van der Waals surface area contributed by atoms with Crippen molar-refractivity contribution in [1.29, 1.82) is 0 Å². The van der Waals surface area contributed by atoms with Crippen molar-refractivity contribution in [3.63, 3.8) is 0 Å². The monoisotopic (exact) mass is 183 g/mol. The van der Waals surface area contributed by atoms with Gasteiger partial charge >= 0.3 is 0 Å². The van der Waals surface area contributed by atoms with Crippen molar-refractivity contribution in [2.24, 2.45) is 0 Å². The highest BCUT2D eigenvalue weighted by atomic mass is 19.1. The second-order valence-corrected chi connectivity index (χ2v) is 3.37. The fourth-order valence-corrected chi connectivity index (χ4v) is 1.15. The Hall–Kier alpha value is -1.09. The minimum absolute atomic E-state index is 0.259. The van der Waals surface area contributed by atoms with Crippen molar-refractivity contribution in [3.8, 4) is 0 Å². The summed E-state index contributed by atoms with van der Waals surface area (Å²) < 4.78 is 13.2. The van der Waals surface area contributed by atoms with Crippen LogP contribution in [0.5, 0.6) is 0 Å². The van der Waals surface area contributed by atoms with E-state index in [2.05, 4.69) is 0 Å². The Morgan fingerprint density at radius 2 is 2.15 bits per heavy atom. The van der Waals surface area contributed by atoms with Crippen LogP contribution in [0.4, 0.5) is 10.1 Å². The second-order valence-electron chi connectivity index (χ2n) is 3.37. The van der Waals surface area contributed by atoms with Crippen molar-refractivity contribution in [2.45, 2.75) is 25.9 Å². The van der Waals surface area contributed by atoms with E-state index in [0.717, 1.165) is 0 Å². The molecule has 0 unspecified atom stereocenters. The maximum Gasteiger partial charge on any atom is 0.129 e. The van der Waals surface area contributed by atoms with E-state index in [1.165, 1.54) is 18.2 Å². The van der Waals surface area contributed by atoms with Crippen LogP contribution in [0.2, 0.25) is 0 Å². The van der Waals surface area contributed by atoms with Gasteiger partial charge in [0.15, 0.2) is 0 Å². The van der Waals surface area contributed by atoms with Gasteiger partial charge in [-0.3, -0.25) is 0 Å². The average molecular weight is 183 g/mol. The second kappa shape index (κ2) is 3.34. The van der Waals surface area contributed by atoms with Gasteiger partial charge in [-0.2, -0.15) is 0 Å². The number of benzene rings is 1. The van der Waals surface area contributed by atoms with Crippen molar-refractivity contribution >= 4 is 5.69 Å². The molecule has 3 heteroatoms. The number of nitrogens with two attached hydrogens (primary N) is 1. The zero-order valence-corrected chi connectivity index (χ0v) is 7.84. The molecule has 0 aliphatic carbocycles. The van der Waals surface area contributed by atoms with E-state index in [0.29, 0.717) is 12.1 Å². The molecule has 0 amide bonds. The van der Waals surface area contributed by atoms with Gasteiger partial charge in [0, 0.05) is 11.3 Å². The van der Waals surface area contributed by atoms with E-state index in [9.17, 15) is 9.50 Å². The number of nitrogen functional groups attached to an aromatic ring is 1. The lowest BCUT2D eigenvalue weighted by atomic mass is 9.92. The van der Waals surface area contributed by atoms with Gasteiger partial charge in [-0.25, -0.2) is 4.39 Å². The summed E-state index contributed by atoms with van der Waals surface area (Å²) in [5.41, 5.74) is 5.08. The minimum atomic E-state index is -1.14. The Balaban J connectivity index is 3.20. The lowest BCUT2D eigenvalue weighted by Crippen LogP contribution is -2.21. The maximum atomic E-state index is 13.2. The molecule has 3 N–H and O–H groups in total. The van der Waals surface area contributed by atoms with Gasteiger partial charge in [-0.05, 0) is 31.5 Å². The lowest BCUT2D eigenvalue weighted by Gasteiger charge is -2.22. The molecule has 72 valence electrons. The third-order valence-electron chi connectivity index (χ3n) is 2.26. The van der Waals surface area contributed by atoms with E-state index in [-0.39, 0.29) is 5.56 Å². The first-order valence-corrected chi connectivity index (χ1v) is 4.25. The Morgan fingerprint density at radius 3 is 2.69 bits per heavy atom. The number of rotatable bonds is 2. The van der Waals surface area contributed by atoms with Gasteiger partial charge in [-0.1, -0.05) is 6.92 Å². The molecule has 2 nitrogen and oxygen atoms in total. The highest BCUT2D eigenvalue weighted by molar-refractivity contribution is 5.43. The number of anilines is 1. The summed E-state index contributed by atoms with van der Waals surface area (Å²) in [6, 6.07) is 4.22. The molecular formula is C10H14FNO. The largest absolute Gasteiger partial charge is 0.399 e. The summed E-state index contributed by atoms with van der Waals surface area (Å²) in [4.78, 5) is 0. The predicted molar refractivity (Wildman–Crippen MR) is 50.7 cm³/mol. The van der Waals surface area contributed by atoms with Gasteiger partial charge in [0.2, 0.25) is 0 Å². The summed E-state index contributed by atoms with van der Waals surface area (Å²) in [5.74, 6) is -0.416. The third kappa shape index (κ3) is 1.98. The van der Waals surface area contributed by atoms with E-state index >= 15 is 0 Å². The first kappa shape index (κ1) is 9.99. The SMILES string of the molecule is CC[C@@](C)(O)c1cc(N)ccc1F. The molecule has 0 saturated heterocycles. The zero-order chi connectivity index (χ0) is 10.1. The molecule has 1 rings (SSSR count). The number of halogens is 1. The maximum absolute atomic E-state index is 13.2. The molecule has 0 heterocycles. The van der Waals surface area contributed by atoms with Gasteiger partial charge in [0.25, 0.3) is 0 Å². The summed E-state index contributed by atoms with van der Waals surface area (Å²) in [7, 11) is 0. The Kier molecular flexibility index (Phi) is 2.57. The summed E-state index contributed by atoms with van der Waals surface area (Å²) in [6.07, 6.45) is 0.452. The highest BCUT2D eigenvalue weighted by Gasteiger charge is 2.24. The number of aliphatic hydroxyl groups is 1. The Bertz CT molecular complexity index is 310. The van der Waals surface area contributed by atoms with Crippen LogP contribution in [0.25, 0.3) is 0 Å². The first-order chi connectivity index (χ1) is 5.97. The Labute approximate surface area is 77.2 Å². The summed E-state index contributed by atoms with van der Waals surface area (Å²) in [5, 5.41) is 9.80.